The number of carbonyl (C=O) groups excluding carboxylic acids is 1. The highest BCUT2D eigenvalue weighted by atomic mass is 16.5. The van der Waals surface area contributed by atoms with E-state index in [9.17, 15) is 4.79 Å². The topological polar surface area (TPSA) is 66.5 Å². The van der Waals surface area contributed by atoms with Crippen molar-refractivity contribution >= 4 is 16.9 Å². The van der Waals surface area contributed by atoms with Crippen molar-refractivity contribution in [1.82, 2.24) is 9.55 Å². The smallest absolute Gasteiger partial charge is 0.340 e. The maximum atomic E-state index is 12.5. The van der Waals surface area contributed by atoms with Crippen LogP contribution in [0.3, 0.4) is 0 Å². The molecular weight excluding hydrogens is 344 g/mol. The van der Waals surface area contributed by atoms with Crippen molar-refractivity contribution in [2.24, 2.45) is 7.05 Å². The number of ether oxygens (including phenoxy) is 2. The Kier molecular flexibility index (Phi) is 4.38. The molecule has 6 heteroatoms. The molecule has 0 aliphatic heterocycles. The van der Waals surface area contributed by atoms with Crippen LogP contribution in [0.5, 0.6) is 5.75 Å². The molecule has 0 unspecified atom stereocenters. The first-order chi connectivity index (χ1) is 13.2. The summed E-state index contributed by atoms with van der Waals surface area (Å²) in [5.41, 5.74) is 2.37. The SMILES string of the molecule is COc1ccc(-c2cnc(COC(=O)c3cn(C)c4ccccc34)o2)cc1. The third-order valence-electron chi connectivity index (χ3n) is 4.37. The maximum Gasteiger partial charge on any atom is 0.340 e. The second kappa shape index (κ2) is 6.99. The van der Waals surface area contributed by atoms with E-state index in [0.717, 1.165) is 22.2 Å². The van der Waals surface area contributed by atoms with Gasteiger partial charge in [-0.3, -0.25) is 0 Å². The summed E-state index contributed by atoms with van der Waals surface area (Å²) < 4.78 is 18.1. The Bertz CT molecular complexity index is 1090. The van der Waals surface area contributed by atoms with Crippen molar-refractivity contribution in [2.45, 2.75) is 6.61 Å². The Morgan fingerprint density at radius 2 is 1.93 bits per heavy atom. The van der Waals surface area contributed by atoms with Crippen LogP contribution in [0.4, 0.5) is 0 Å². The van der Waals surface area contributed by atoms with Crippen molar-refractivity contribution in [2.75, 3.05) is 7.11 Å². The number of methoxy groups -OCH3 is 1. The number of benzene rings is 2. The third kappa shape index (κ3) is 3.29. The van der Waals surface area contributed by atoms with Gasteiger partial charge in [0.25, 0.3) is 0 Å². The van der Waals surface area contributed by atoms with Crippen LogP contribution in [-0.2, 0) is 18.4 Å². The number of hydrogen-bond acceptors (Lipinski definition) is 5. The van der Waals surface area contributed by atoms with E-state index in [-0.39, 0.29) is 6.61 Å². The molecule has 2 aromatic carbocycles. The molecule has 0 atom stereocenters. The van der Waals surface area contributed by atoms with Gasteiger partial charge in [-0.15, -0.1) is 0 Å². The standard InChI is InChI=1S/C21H18N2O4/c1-23-12-17(16-5-3-4-6-18(16)23)21(24)26-13-20-22-11-19(27-20)14-7-9-15(25-2)10-8-14/h3-12H,13H2,1-2H3. The van der Waals surface area contributed by atoms with Gasteiger partial charge in [0.05, 0.1) is 18.9 Å². The first kappa shape index (κ1) is 16.9. The second-order valence-electron chi connectivity index (χ2n) is 6.09. The highest BCUT2D eigenvalue weighted by Gasteiger charge is 2.16. The molecule has 27 heavy (non-hydrogen) atoms. The van der Waals surface area contributed by atoms with E-state index >= 15 is 0 Å². The van der Waals surface area contributed by atoms with Gasteiger partial charge >= 0.3 is 5.97 Å². The van der Waals surface area contributed by atoms with Crippen molar-refractivity contribution in [3.63, 3.8) is 0 Å². The van der Waals surface area contributed by atoms with Gasteiger partial charge in [0.1, 0.15) is 5.75 Å². The van der Waals surface area contributed by atoms with Crippen molar-refractivity contribution < 1.29 is 18.7 Å². The quantitative estimate of drug-likeness (QED) is 0.498. The third-order valence-corrected chi connectivity index (χ3v) is 4.37. The van der Waals surface area contributed by atoms with E-state index in [1.165, 1.54) is 0 Å². The Morgan fingerprint density at radius 3 is 2.70 bits per heavy atom. The lowest BCUT2D eigenvalue weighted by Gasteiger charge is -2.02. The largest absolute Gasteiger partial charge is 0.497 e. The Morgan fingerprint density at radius 1 is 1.15 bits per heavy atom. The molecule has 0 amide bonds. The first-order valence-electron chi connectivity index (χ1n) is 8.46. The number of hydrogen-bond donors (Lipinski definition) is 0. The minimum atomic E-state index is -0.406. The molecule has 0 N–H and O–H groups in total. The Hall–Kier alpha value is -3.54. The van der Waals surface area contributed by atoms with Crippen LogP contribution >= 0.6 is 0 Å². The normalized spacial score (nSPS) is 10.9. The highest BCUT2D eigenvalue weighted by Crippen LogP contribution is 2.24. The zero-order chi connectivity index (χ0) is 18.8. The zero-order valence-corrected chi connectivity index (χ0v) is 15.0. The summed E-state index contributed by atoms with van der Waals surface area (Å²) in [5.74, 6) is 1.31. The van der Waals surface area contributed by atoms with E-state index in [4.69, 9.17) is 13.9 Å². The number of nitrogens with zero attached hydrogens (tertiary/aromatic N) is 2. The molecule has 4 rings (SSSR count). The lowest BCUT2D eigenvalue weighted by atomic mass is 10.2. The zero-order valence-electron chi connectivity index (χ0n) is 15.0. The molecular formula is C21H18N2O4. The van der Waals surface area contributed by atoms with E-state index in [0.29, 0.717) is 17.2 Å². The van der Waals surface area contributed by atoms with Gasteiger partial charge in [0.2, 0.25) is 5.89 Å². The van der Waals surface area contributed by atoms with E-state index in [1.54, 1.807) is 19.5 Å². The molecule has 136 valence electrons. The lowest BCUT2D eigenvalue weighted by Crippen LogP contribution is -2.04. The fraction of sp³-hybridized carbons (Fsp3) is 0.143. The van der Waals surface area contributed by atoms with E-state index in [2.05, 4.69) is 4.98 Å². The summed E-state index contributed by atoms with van der Waals surface area (Å²) in [7, 11) is 3.51. The number of rotatable bonds is 5. The van der Waals surface area contributed by atoms with Crippen LogP contribution in [-0.4, -0.2) is 22.6 Å². The van der Waals surface area contributed by atoms with Gasteiger partial charge in [-0.25, -0.2) is 9.78 Å². The summed E-state index contributed by atoms with van der Waals surface area (Å²) in [6, 6.07) is 15.1. The molecule has 0 bridgehead atoms. The average Bonchev–Trinajstić information content (AvgIpc) is 3.31. The molecule has 0 saturated heterocycles. The Balaban J connectivity index is 1.47. The molecule has 0 fully saturated rings. The minimum absolute atomic E-state index is 0.0296. The summed E-state index contributed by atoms with van der Waals surface area (Å²) in [6.07, 6.45) is 3.38. The monoisotopic (exact) mass is 362 g/mol. The maximum absolute atomic E-state index is 12.5. The van der Waals surface area contributed by atoms with Crippen LogP contribution in [0.1, 0.15) is 16.2 Å². The predicted molar refractivity (Wildman–Crippen MR) is 101 cm³/mol. The van der Waals surface area contributed by atoms with Gasteiger partial charge in [-0.1, -0.05) is 18.2 Å². The fourth-order valence-corrected chi connectivity index (χ4v) is 2.98. The molecule has 0 spiro atoms. The fourth-order valence-electron chi connectivity index (χ4n) is 2.98. The first-order valence-corrected chi connectivity index (χ1v) is 8.46. The molecule has 2 heterocycles. The average molecular weight is 362 g/mol. The van der Waals surface area contributed by atoms with Gasteiger partial charge in [0, 0.05) is 29.7 Å². The molecule has 6 nitrogen and oxygen atoms in total. The molecule has 0 saturated carbocycles. The molecule has 4 aromatic rings. The number of esters is 1. The van der Waals surface area contributed by atoms with Crippen LogP contribution in [0.25, 0.3) is 22.2 Å². The molecule has 2 aromatic heterocycles. The molecule has 0 radical (unpaired) electrons. The van der Waals surface area contributed by atoms with Gasteiger partial charge in [0.15, 0.2) is 12.4 Å². The van der Waals surface area contributed by atoms with Crippen LogP contribution in [0.2, 0.25) is 0 Å². The van der Waals surface area contributed by atoms with E-state index < -0.39 is 5.97 Å². The number of aromatic nitrogens is 2. The highest BCUT2D eigenvalue weighted by molar-refractivity contribution is 6.04. The van der Waals surface area contributed by atoms with Gasteiger partial charge < -0.3 is 18.5 Å². The van der Waals surface area contributed by atoms with Crippen molar-refractivity contribution in [1.29, 1.82) is 0 Å². The predicted octanol–water partition coefficient (Wildman–Crippen LogP) is 4.20. The van der Waals surface area contributed by atoms with Gasteiger partial charge in [-0.2, -0.15) is 0 Å². The van der Waals surface area contributed by atoms with Crippen molar-refractivity contribution in [3.8, 4) is 17.1 Å². The van der Waals surface area contributed by atoms with E-state index in [1.807, 2.05) is 60.1 Å². The molecule has 0 aliphatic rings. The Labute approximate surface area is 156 Å². The number of carbonyl (C=O) groups is 1. The second-order valence-corrected chi connectivity index (χ2v) is 6.09. The summed E-state index contributed by atoms with van der Waals surface area (Å²) in [6.45, 7) is -0.0296. The lowest BCUT2D eigenvalue weighted by molar-refractivity contribution is 0.0441. The summed E-state index contributed by atoms with van der Waals surface area (Å²) in [4.78, 5) is 16.7. The van der Waals surface area contributed by atoms with Crippen LogP contribution in [0, 0.1) is 0 Å². The minimum Gasteiger partial charge on any atom is -0.497 e. The van der Waals surface area contributed by atoms with Gasteiger partial charge in [-0.05, 0) is 30.3 Å². The number of aryl methyl sites for hydroxylation is 1. The number of fused-ring (bicyclic) bond motifs is 1. The number of oxazole rings is 1. The summed E-state index contributed by atoms with van der Waals surface area (Å²) >= 11 is 0. The van der Waals surface area contributed by atoms with Crippen LogP contribution < -0.4 is 4.74 Å². The van der Waals surface area contributed by atoms with Crippen LogP contribution in [0.15, 0.2) is 65.3 Å². The van der Waals surface area contributed by atoms with Crippen molar-refractivity contribution in [3.05, 3.63) is 72.4 Å². The summed E-state index contributed by atoms with van der Waals surface area (Å²) in [5, 5.41) is 0.858. The number of para-hydroxylation sites is 1. The molecule has 0 aliphatic carbocycles.